The van der Waals surface area contributed by atoms with Crippen LogP contribution in [0.4, 0.5) is 11.5 Å². The highest BCUT2D eigenvalue weighted by Crippen LogP contribution is 2.37. The number of carbonyl (C=O) groups is 1. The molecule has 1 atom stereocenters. The Kier molecular flexibility index (Phi) is 5.73. The predicted molar refractivity (Wildman–Crippen MR) is 123 cm³/mol. The van der Waals surface area contributed by atoms with Crippen molar-refractivity contribution in [2.75, 3.05) is 17.3 Å². The third-order valence-corrected chi connectivity index (χ3v) is 5.36. The van der Waals surface area contributed by atoms with Crippen LogP contribution in [0.1, 0.15) is 24.3 Å². The van der Waals surface area contributed by atoms with Crippen molar-refractivity contribution in [2.45, 2.75) is 19.9 Å². The molecular weight excluding hydrogens is 412 g/mol. The van der Waals surface area contributed by atoms with Crippen LogP contribution in [-0.4, -0.2) is 23.3 Å². The Balaban J connectivity index is 1.83. The van der Waals surface area contributed by atoms with Crippen molar-refractivity contribution in [1.29, 1.82) is 0 Å². The van der Waals surface area contributed by atoms with Gasteiger partial charge in [0.2, 0.25) is 0 Å². The molecule has 0 bridgehead atoms. The van der Waals surface area contributed by atoms with Gasteiger partial charge in [-0.25, -0.2) is 0 Å². The topological polar surface area (TPSA) is 79.6 Å². The van der Waals surface area contributed by atoms with Gasteiger partial charge in [-0.1, -0.05) is 41.6 Å². The number of allylic oxidation sites excluding steroid dienone is 1. The molecule has 2 N–H and O–H groups in total. The van der Waals surface area contributed by atoms with Crippen LogP contribution >= 0.6 is 12.2 Å². The summed E-state index contributed by atoms with van der Waals surface area (Å²) in [4.78, 5) is 15.3. The minimum atomic E-state index is -0.503. The van der Waals surface area contributed by atoms with Crippen molar-refractivity contribution < 1.29 is 14.1 Å². The lowest BCUT2D eigenvalue weighted by atomic mass is 9.93. The van der Waals surface area contributed by atoms with E-state index < -0.39 is 6.04 Å². The van der Waals surface area contributed by atoms with E-state index in [1.54, 1.807) is 20.1 Å². The zero-order valence-electron chi connectivity index (χ0n) is 17.4. The monoisotopic (exact) mass is 434 g/mol. The lowest BCUT2D eigenvalue weighted by Gasteiger charge is -2.38. The number of ether oxygens (including phenoxy) is 1. The molecule has 3 aromatic rings. The van der Waals surface area contributed by atoms with E-state index >= 15 is 0 Å². The molecule has 0 saturated carbocycles. The van der Waals surface area contributed by atoms with Crippen molar-refractivity contribution in [3.63, 3.8) is 0 Å². The lowest BCUT2D eigenvalue weighted by Crippen LogP contribution is -2.48. The smallest absolute Gasteiger partial charge is 0.257 e. The average molecular weight is 435 g/mol. The Morgan fingerprint density at radius 1 is 1.16 bits per heavy atom. The molecule has 1 aliphatic rings. The van der Waals surface area contributed by atoms with E-state index in [2.05, 4.69) is 15.8 Å². The fraction of sp³-hybridized carbons (Fsp3) is 0.174. The molecule has 8 heteroatoms. The third-order valence-electron chi connectivity index (χ3n) is 5.06. The van der Waals surface area contributed by atoms with Crippen LogP contribution in [0, 0.1) is 6.92 Å². The van der Waals surface area contributed by atoms with Crippen molar-refractivity contribution in [3.05, 3.63) is 83.3 Å². The highest BCUT2D eigenvalue weighted by atomic mass is 32.1. The molecule has 0 fully saturated rings. The van der Waals surface area contributed by atoms with Gasteiger partial charge in [0.05, 0.1) is 18.7 Å². The van der Waals surface area contributed by atoms with Gasteiger partial charge in [0.15, 0.2) is 10.9 Å². The second-order valence-electron chi connectivity index (χ2n) is 7.07. The molecule has 0 radical (unpaired) electrons. The number of para-hydroxylation sites is 2. The molecule has 4 rings (SSSR count). The number of thiocarbonyl (C=S) groups is 1. The summed E-state index contributed by atoms with van der Waals surface area (Å²) < 4.78 is 10.6. The first-order chi connectivity index (χ1) is 15.0. The molecule has 0 spiro atoms. The van der Waals surface area contributed by atoms with Gasteiger partial charge in [-0.2, -0.15) is 0 Å². The Morgan fingerprint density at radius 3 is 2.55 bits per heavy atom. The Labute approximate surface area is 185 Å². The molecular formula is C23H22N4O3S. The molecule has 31 heavy (non-hydrogen) atoms. The number of amides is 1. The van der Waals surface area contributed by atoms with Crippen LogP contribution in [0.5, 0.6) is 5.75 Å². The molecule has 2 aromatic carbocycles. The maximum atomic E-state index is 13.5. The lowest BCUT2D eigenvalue weighted by molar-refractivity contribution is -0.113. The van der Waals surface area contributed by atoms with Gasteiger partial charge in [-0.3, -0.25) is 9.69 Å². The summed E-state index contributed by atoms with van der Waals surface area (Å²) in [6, 6.07) is 18.4. The van der Waals surface area contributed by atoms with Crippen LogP contribution in [0.2, 0.25) is 0 Å². The highest BCUT2D eigenvalue weighted by Gasteiger charge is 2.36. The van der Waals surface area contributed by atoms with Crippen LogP contribution in [0.3, 0.4) is 0 Å². The molecule has 1 amide bonds. The number of methoxy groups -OCH3 is 1. The van der Waals surface area contributed by atoms with Gasteiger partial charge >= 0.3 is 0 Å². The summed E-state index contributed by atoms with van der Waals surface area (Å²) in [5.74, 6) is 1.31. The number of nitrogens with zero attached hydrogens (tertiary/aromatic N) is 2. The molecule has 0 aliphatic carbocycles. The maximum Gasteiger partial charge on any atom is 0.257 e. The highest BCUT2D eigenvalue weighted by molar-refractivity contribution is 7.80. The summed E-state index contributed by atoms with van der Waals surface area (Å²) in [5, 5.41) is 10.5. The van der Waals surface area contributed by atoms with Gasteiger partial charge in [-0.05, 0) is 44.3 Å². The van der Waals surface area contributed by atoms with E-state index in [0.717, 1.165) is 11.3 Å². The molecule has 158 valence electrons. The van der Waals surface area contributed by atoms with Gasteiger partial charge in [-0.15, -0.1) is 0 Å². The van der Waals surface area contributed by atoms with Crippen LogP contribution in [0.15, 0.2) is 76.5 Å². The van der Waals surface area contributed by atoms with Crippen molar-refractivity contribution in [3.8, 4) is 5.75 Å². The van der Waals surface area contributed by atoms with Crippen molar-refractivity contribution in [1.82, 2.24) is 10.5 Å². The van der Waals surface area contributed by atoms with Crippen LogP contribution < -0.4 is 20.3 Å². The zero-order valence-corrected chi connectivity index (χ0v) is 18.2. The number of carbonyl (C=O) groups excluding carboxylic acids is 1. The first-order valence-corrected chi connectivity index (χ1v) is 10.1. The number of aromatic nitrogens is 1. The summed E-state index contributed by atoms with van der Waals surface area (Å²) in [7, 11) is 1.60. The van der Waals surface area contributed by atoms with Gasteiger partial charge in [0, 0.05) is 23.0 Å². The molecule has 0 saturated heterocycles. The van der Waals surface area contributed by atoms with Crippen LogP contribution in [0.25, 0.3) is 0 Å². The molecule has 1 aliphatic heterocycles. The Morgan fingerprint density at radius 2 is 1.87 bits per heavy atom. The standard InChI is InChI=1S/C23H22N4O3S/c1-14-13-19(26-30-14)24-22(28)20-15(2)27(16-9-5-4-6-10-16)23(31)25-21(20)17-11-7-8-12-18(17)29-3/h4-13,21H,1-3H3,(H,25,31)(H,24,26,28)/t21-/m1/s1. The molecule has 0 unspecified atom stereocenters. The summed E-state index contributed by atoms with van der Waals surface area (Å²) in [6.07, 6.45) is 0. The van der Waals surface area contributed by atoms with E-state index in [1.165, 1.54) is 0 Å². The SMILES string of the molecule is COc1ccccc1[C@H]1NC(=S)N(c2ccccc2)C(C)=C1C(=O)Nc1cc(C)on1. The predicted octanol–water partition coefficient (Wildman–Crippen LogP) is 4.34. The fourth-order valence-corrected chi connectivity index (χ4v) is 4.03. The number of rotatable bonds is 5. The second-order valence-corrected chi connectivity index (χ2v) is 7.46. The number of hydrogen-bond donors (Lipinski definition) is 2. The van der Waals surface area contributed by atoms with E-state index in [4.69, 9.17) is 21.5 Å². The molecule has 2 heterocycles. The Bertz CT molecular complexity index is 1160. The largest absolute Gasteiger partial charge is 0.496 e. The summed E-state index contributed by atoms with van der Waals surface area (Å²) >= 11 is 5.70. The third kappa shape index (κ3) is 4.02. The van der Waals surface area contributed by atoms with Crippen LogP contribution in [-0.2, 0) is 4.79 Å². The normalized spacial score (nSPS) is 16.2. The van der Waals surface area contributed by atoms with Gasteiger partial charge < -0.3 is 19.9 Å². The minimum absolute atomic E-state index is 0.308. The average Bonchev–Trinajstić information content (AvgIpc) is 3.18. The van der Waals surface area contributed by atoms with Gasteiger partial charge in [0.1, 0.15) is 11.5 Å². The first-order valence-electron chi connectivity index (χ1n) is 9.73. The number of aryl methyl sites for hydroxylation is 1. The van der Waals surface area contributed by atoms with E-state index in [-0.39, 0.29) is 5.91 Å². The van der Waals surface area contributed by atoms with E-state index in [1.807, 2.05) is 66.4 Å². The molecule has 7 nitrogen and oxygen atoms in total. The summed E-state index contributed by atoms with van der Waals surface area (Å²) in [6.45, 7) is 3.65. The van der Waals surface area contributed by atoms with E-state index in [0.29, 0.717) is 33.7 Å². The second kappa shape index (κ2) is 8.61. The fourth-order valence-electron chi connectivity index (χ4n) is 3.67. The minimum Gasteiger partial charge on any atom is -0.496 e. The molecule has 1 aromatic heterocycles. The number of anilines is 2. The Hall–Kier alpha value is -3.65. The van der Waals surface area contributed by atoms with Gasteiger partial charge in [0.25, 0.3) is 5.91 Å². The van der Waals surface area contributed by atoms with E-state index in [9.17, 15) is 4.79 Å². The number of nitrogens with one attached hydrogen (secondary N) is 2. The first kappa shape index (κ1) is 20.6. The van der Waals surface area contributed by atoms with Crippen molar-refractivity contribution >= 4 is 34.7 Å². The summed E-state index contributed by atoms with van der Waals surface area (Å²) in [5.41, 5.74) is 2.88. The number of benzene rings is 2. The number of hydrogen-bond acceptors (Lipinski definition) is 5. The van der Waals surface area contributed by atoms with Crippen molar-refractivity contribution in [2.24, 2.45) is 0 Å². The quantitative estimate of drug-likeness (QED) is 0.578. The zero-order chi connectivity index (χ0) is 22.0. The maximum absolute atomic E-state index is 13.5.